The summed E-state index contributed by atoms with van der Waals surface area (Å²) in [6.07, 6.45) is 2.98. The summed E-state index contributed by atoms with van der Waals surface area (Å²) in [5.41, 5.74) is 2.35. The van der Waals surface area contributed by atoms with Crippen molar-refractivity contribution in [3.05, 3.63) is 59.7 Å². The van der Waals surface area contributed by atoms with E-state index in [1.165, 1.54) is 0 Å². The van der Waals surface area contributed by atoms with E-state index >= 15 is 0 Å². The Morgan fingerprint density at radius 2 is 1.00 bits per heavy atom. The molecule has 16 heteroatoms. The quantitative estimate of drug-likeness (QED) is 0.185. The minimum Gasteiger partial charge on any atom is -0.343 e. The molecule has 2 aromatic rings. The van der Waals surface area contributed by atoms with Crippen molar-refractivity contribution in [3.63, 3.8) is 0 Å². The SMILES string of the molecule is CN[C@@H](C)C(=O)N[C@H]1CCSC2CC(C)(C)[C@@H](C(=O)Nc3ccc(Cc4ccc(NC(=O)[C@H]5N6C(=O)[C@@H](NC(=O)[C@H](C)NC)CCS[C@H]6CC5(C)C)cc4)cc3)N2C1=O. The van der Waals surface area contributed by atoms with E-state index in [0.29, 0.717) is 55.0 Å². The minimum absolute atomic E-state index is 0.149. The molecule has 0 aromatic heterocycles. The monoisotopic (exact) mass is 848 g/mol. The Labute approximate surface area is 356 Å². The fraction of sp³-hybridized carbons (Fsp3) is 0.581. The van der Waals surface area contributed by atoms with Gasteiger partial charge in [-0.3, -0.25) is 28.8 Å². The fourth-order valence-electron chi connectivity index (χ4n) is 8.63. The lowest BCUT2D eigenvalue weighted by atomic mass is 9.84. The van der Waals surface area contributed by atoms with Crippen molar-refractivity contribution in [2.75, 3.05) is 36.2 Å². The van der Waals surface area contributed by atoms with Gasteiger partial charge in [-0.25, -0.2) is 0 Å². The van der Waals surface area contributed by atoms with Crippen molar-refractivity contribution in [2.45, 2.75) is 121 Å². The van der Waals surface area contributed by atoms with Gasteiger partial charge in [0, 0.05) is 11.4 Å². The molecule has 6 amide bonds. The summed E-state index contributed by atoms with van der Waals surface area (Å²) in [5.74, 6) is -0.0422. The highest BCUT2D eigenvalue weighted by Crippen LogP contribution is 2.48. The second-order valence-electron chi connectivity index (χ2n) is 17.6. The number of hydrogen-bond acceptors (Lipinski definition) is 10. The first kappa shape index (κ1) is 44.4. The molecule has 0 bridgehead atoms. The van der Waals surface area contributed by atoms with Crippen LogP contribution in [0.15, 0.2) is 48.5 Å². The van der Waals surface area contributed by atoms with Crippen LogP contribution in [0.3, 0.4) is 0 Å². The van der Waals surface area contributed by atoms with Gasteiger partial charge >= 0.3 is 0 Å². The van der Waals surface area contributed by atoms with Crippen molar-refractivity contribution >= 4 is 70.3 Å². The maximum atomic E-state index is 13.9. The number of rotatable bonds is 12. The molecule has 320 valence electrons. The number of nitrogens with one attached hydrogen (secondary N) is 6. The van der Waals surface area contributed by atoms with Crippen LogP contribution in [0, 0.1) is 10.8 Å². The predicted octanol–water partition coefficient (Wildman–Crippen LogP) is 3.52. The molecule has 0 radical (unpaired) electrons. The van der Waals surface area contributed by atoms with E-state index in [-0.39, 0.29) is 46.2 Å². The van der Waals surface area contributed by atoms with E-state index in [0.717, 1.165) is 11.1 Å². The van der Waals surface area contributed by atoms with Gasteiger partial charge < -0.3 is 41.7 Å². The average Bonchev–Trinajstić information content (AvgIpc) is 3.51. The van der Waals surface area contributed by atoms with Crippen LogP contribution in [-0.2, 0) is 35.2 Å². The fourth-order valence-corrected chi connectivity index (χ4v) is 11.8. The first-order valence-corrected chi connectivity index (χ1v) is 22.7. The van der Waals surface area contributed by atoms with Crippen LogP contribution in [0.5, 0.6) is 0 Å². The molecular weight excluding hydrogens is 789 g/mol. The van der Waals surface area contributed by atoms with Crippen LogP contribution in [0.2, 0.25) is 0 Å². The summed E-state index contributed by atoms with van der Waals surface area (Å²) >= 11 is 3.32. The number of fused-ring (bicyclic) bond motifs is 2. The normalized spacial score (nSPS) is 27.1. The Hall–Kier alpha value is -4.12. The summed E-state index contributed by atoms with van der Waals surface area (Å²) in [4.78, 5) is 84.4. The minimum atomic E-state index is -0.702. The van der Waals surface area contributed by atoms with Crippen LogP contribution in [0.25, 0.3) is 0 Å². The Morgan fingerprint density at radius 1 is 0.644 bits per heavy atom. The van der Waals surface area contributed by atoms with Crippen LogP contribution in [0.4, 0.5) is 11.4 Å². The number of carbonyl (C=O) groups excluding carboxylic acids is 6. The van der Waals surface area contributed by atoms with Gasteiger partial charge in [-0.05, 0) is 118 Å². The van der Waals surface area contributed by atoms with E-state index < -0.39 is 47.1 Å². The zero-order valence-corrected chi connectivity index (χ0v) is 37.0. The van der Waals surface area contributed by atoms with E-state index in [2.05, 4.69) is 31.9 Å². The first-order chi connectivity index (χ1) is 27.9. The highest BCUT2D eigenvalue weighted by Gasteiger charge is 2.56. The molecule has 0 aliphatic carbocycles. The molecule has 4 heterocycles. The zero-order valence-electron chi connectivity index (χ0n) is 35.3. The Bertz CT molecular complexity index is 1770. The molecule has 1 unspecified atom stereocenters. The van der Waals surface area contributed by atoms with Gasteiger partial charge in [0.25, 0.3) is 0 Å². The molecular formula is C43H60N8O6S2. The topological polar surface area (TPSA) is 181 Å². The second-order valence-corrected chi connectivity index (χ2v) is 20.2. The predicted molar refractivity (Wildman–Crippen MR) is 234 cm³/mol. The number of carbonyl (C=O) groups is 6. The molecule has 0 saturated carbocycles. The van der Waals surface area contributed by atoms with Gasteiger partial charge in [0.05, 0.1) is 22.8 Å². The van der Waals surface area contributed by atoms with Crippen molar-refractivity contribution in [3.8, 4) is 0 Å². The van der Waals surface area contributed by atoms with Crippen molar-refractivity contribution in [2.24, 2.45) is 10.8 Å². The summed E-state index contributed by atoms with van der Waals surface area (Å²) in [7, 11) is 3.39. The van der Waals surface area contributed by atoms with Gasteiger partial charge in [0.1, 0.15) is 24.2 Å². The first-order valence-electron chi connectivity index (χ1n) is 20.6. The smallest absolute Gasteiger partial charge is 0.247 e. The number of thioether (sulfide) groups is 2. The highest BCUT2D eigenvalue weighted by molar-refractivity contribution is 8.00. The summed E-state index contributed by atoms with van der Waals surface area (Å²) < 4.78 is 0. The third kappa shape index (κ3) is 9.76. The maximum Gasteiger partial charge on any atom is 0.247 e. The lowest BCUT2D eigenvalue weighted by Crippen LogP contribution is -2.57. The van der Waals surface area contributed by atoms with Crippen LogP contribution in [-0.4, -0.2) is 118 Å². The molecule has 14 nitrogen and oxygen atoms in total. The van der Waals surface area contributed by atoms with E-state index in [4.69, 9.17) is 0 Å². The van der Waals surface area contributed by atoms with E-state index in [1.807, 2.05) is 76.2 Å². The third-order valence-electron chi connectivity index (χ3n) is 12.2. The second kappa shape index (κ2) is 18.2. The van der Waals surface area contributed by atoms with Gasteiger partial charge in [-0.1, -0.05) is 52.0 Å². The van der Waals surface area contributed by atoms with E-state index in [1.54, 1.807) is 61.3 Å². The summed E-state index contributed by atoms with van der Waals surface area (Å²) in [5, 5.41) is 17.4. The largest absolute Gasteiger partial charge is 0.343 e. The Kier molecular flexibility index (Phi) is 13.7. The molecule has 6 N–H and O–H groups in total. The van der Waals surface area contributed by atoms with Gasteiger partial charge in [0.2, 0.25) is 35.4 Å². The number of hydrogen-bond donors (Lipinski definition) is 6. The van der Waals surface area contributed by atoms with Crippen molar-refractivity contribution in [1.29, 1.82) is 0 Å². The zero-order chi connectivity index (χ0) is 42.8. The molecule has 4 aliphatic rings. The van der Waals surface area contributed by atoms with Gasteiger partial charge in [0.15, 0.2) is 0 Å². The summed E-state index contributed by atoms with van der Waals surface area (Å²) in [6, 6.07) is 11.6. The molecule has 59 heavy (non-hydrogen) atoms. The third-order valence-corrected chi connectivity index (χ3v) is 14.7. The number of likely N-dealkylation sites (N-methyl/N-ethyl adjacent to an activating group) is 2. The lowest BCUT2D eigenvalue weighted by Gasteiger charge is -2.34. The van der Waals surface area contributed by atoms with Gasteiger partial charge in [-0.15, -0.1) is 23.5 Å². The summed E-state index contributed by atoms with van der Waals surface area (Å²) in [6.45, 7) is 11.5. The standard InChI is InChI=1S/C43H60N8O6S2/c1-24(44-7)36(52)48-30-17-19-58-32-22-42(3,4)34(50(32)40(30)56)38(54)46-28-13-9-26(10-14-28)21-27-11-15-29(16-12-27)47-39(55)35-43(5,6)23-33-51(35)41(57)31(18-20-59-33)49-37(53)25(2)45-8/h9-16,24-25,30-35,44-45H,17-23H2,1-8H3,(H,46,54)(H,47,55)(H,48,52)(H,49,53)/t24-,25-,30-,31-,32-,33?,34+,35+/m0/s1. The van der Waals surface area contributed by atoms with Crippen molar-refractivity contribution < 1.29 is 28.8 Å². The van der Waals surface area contributed by atoms with Crippen molar-refractivity contribution in [1.82, 2.24) is 31.1 Å². The van der Waals surface area contributed by atoms with Crippen LogP contribution in [0.1, 0.15) is 78.4 Å². The number of benzene rings is 2. The van der Waals surface area contributed by atoms with Crippen LogP contribution >= 0.6 is 23.5 Å². The molecule has 0 spiro atoms. The molecule has 4 saturated heterocycles. The maximum absolute atomic E-state index is 13.9. The molecule has 2 aromatic carbocycles. The number of amides is 6. The highest BCUT2D eigenvalue weighted by atomic mass is 32.2. The molecule has 4 aliphatic heterocycles. The molecule has 8 atom stereocenters. The number of nitrogens with zero attached hydrogens (tertiary/aromatic N) is 2. The average molecular weight is 849 g/mol. The van der Waals surface area contributed by atoms with E-state index in [9.17, 15) is 28.8 Å². The lowest BCUT2D eigenvalue weighted by molar-refractivity contribution is -0.142. The Morgan fingerprint density at radius 3 is 1.34 bits per heavy atom. The molecule has 6 rings (SSSR count). The molecule has 4 fully saturated rings. The van der Waals surface area contributed by atoms with Crippen LogP contribution < -0.4 is 31.9 Å². The number of anilines is 2. The Balaban J connectivity index is 1.07. The van der Waals surface area contributed by atoms with Gasteiger partial charge in [-0.2, -0.15) is 0 Å².